The third kappa shape index (κ3) is 7.18. The van der Waals surface area contributed by atoms with Crippen LogP contribution in [0.15, 0.2) is 84.2 Å². The molecule has 256 valence electrons. The van der Waals surface area contributed by atoms with Crippen molar-refractivity contribution < 1.29 is 14.2 Å². The van der Waals surface area contributed by atoms with E-state index in [1.165, 1.54) is 11.0 Å². The van der Waals surface area contributed by atoms with Gasteiger partial charge in [0.25, 0.3) is 0 Å². The van der Waals surface area contributed by atoms with Gasteiger partial charge in [-0.2, -0.15) is 5.10 Å². The Morgan fingerprint density at radius 2 is 1.69 bits per heavy atom. The van der Waals surface area contributed by atoms with E-state index < -0.39 is 5.79 Å². The van der Waals surface area contributed by atoms with Crippen LogP contribution < -0.4 is 20.2 Å². The summed E-state index contributed by atoms with van der Waals surface area (Å²) >= 11 is 12.7. The Morgan fingerprint density at radius 1 is 1.00 bits per heavy atom. The minimum atomic E-state index is -1.16. The van der Waals surface area contributed by atoms with Gasteiger partial charge in [-0.15, -0.1) is 5.10 Å². The maximum Gasteiger partial charge on any atom is 0.343 e. The second-order valence-corrected chi connectivity index (χ2v) is 13.2. The van der Waals surface area contributed by atoms with Crippen molar-refractivity contribution in [3.05, 3.63) is 105 Å². The molecule has 2 aliphatic rings. The van der Waals surface area contributed by atoms with E-state index in [1.54, 1.807) is 23.1 Å². The van der Waals surface area contributed by atoms with E-state index in [1.807, 2.05) is 44.2 Å². The Balaban J connectivity index is 0.923. The third-order valence-electron chi connectivity index (χ3n) is 9.11. The van der Waals surface area contributed by atoms with Crippen molar-refractivity contribution in [1.29, 1.82) is 0 Å². The number of nitrogens with zero attached hydrogens (tertiary/aromatic N) is 7. The van der Waals surface area contributed by atoms with Crippen molar-refractivity contribution in [2.24, 2.45) is 0 Å². The quantitative estimate of drug-likeness (QED) is 0.183. The second-order valence-electron chi connectivity index (χ2n) is 12.3. The van der Waals surface area contributed by atoms with Gasteiger partial charge in [-0.05, 0) is 74.0 Å². The maximum atomic E-state index is 12.3. The van der Waals surface area contributed by atoms with E-state index in [0.29, 0.717) is 34.6 Å². The number of nitrogens with one attached hydrogen (secondary N) is 1. The van der Waals surface area contributed by atoms with Crippen molar-refractivity contribution in [1.82, 2.24) is 29.5 Å². The SMILES string of the molecule is CCC(C)n1nc(-c2ccc(N3CCN(c4ccc(OCC5COC(Cn6cncn6)(c6ccc(Cl)cc6Cl)O5)cc4)CC3)cc2)[nH]c1=O. The summed E-state index contributed by atoms with van der Waals surface area (Å²) in [6.07, 6.45) is 3.58. The summed E-state index contributed by atoms with van der Waals surface area (Å²) in [5.74, 6) is 0.187. The standard InChI is InChI=1S/C35H38Cl2N8O4/c1-3-24(2)45-34(46)40-33(41-45)25-4-7-27(8-5-25)42-14-16-43(17-15-42)28-9-11-29(12-10-28)47-19-30-20-48-35(49-30,21-44-23-38-22-39-44)31-13-6-26(36)18-32(31)37/h4-13,18,22-24,30H,3,14-17,19-21H2,1-2H3,(H,40,41,46). The molecule has 49 heavy (non-hydrogen) atoms. The van der Waals surface area contributed by atoms with Gasteiger partial charge >= 0.3 is 5.69 Å². The van der Waals surface area contributed by atoms with Crippen LogP contribution in [0.25, 0.3) is 11.4 Å². The predicted octanol–water partition coefficient (Wildman–Crippen LogP) is 5.78. The highest BCUT2D eigenvalue weighted by Gasteiger charge is 2.45. The molecule has 7 rings (SSSR count). The molecule has 3 unspecified atom stereocenters. The van der Waals surface area contributed by atoms with Gasteiger partial charge in [-0.1, -0.05) is 36.2 Å². The topological polar surface area (TPSA) is 116 Å². The van der Waals surface area contributed by atoms with Crippen LogP contribution in [0.5, 0.6) is 5.75 Å². The zero-order valence-corrected chi connectivity index (χ0v) is 28.8. The Bertz CT molecular complexity index is 1910. The molecule has 2 fully saturated rings. The number of anilines is 2. The molecule has 0 amide bonds. The summed E-state index contributed by atoms with van der Waals surface area (Å²) in [5, 5.41) is 9.71. The fourth-order valence-electron chi connectivity index (χ4n) is 6.22. The number of aromatic amines is 1. The van der Waals surface area contributed by atoms with Gasteiger partial charge in [0.2, 0.25) is 5.79 Å². The molecule has 0 spiro atoms. The molecule has 4 heterocycles. The van der Waals surface area contributed by atoms with E-state index in [2.05, 4.69) is 54.2 Å². The van der Waals surface area contributed by atoms with Crippen molar-refractivity contribution in [3.8, 4) is 17.1 Å². The van der Waals surface area contributed by atoms with Crippen molar-refractivity contribution in [2.75, 3.05) is 49.2 Å². The number of hydrogen-bond donors (Lipinski definition) is 1. The lowest BCUT2D eigenvalue weighted by Gasteiger charge is -2.37. The average Bonchev–Trinajstić information content (AvgIpc) is 3.88. The summed E-state index contributed by atoms with van der Waals surface area (Å²) in [6.45, 7) is 8.50. The number of aromatic nitrogens is 6. The van der Waals surface area contributed by atoms with Crippen LogP contribution in [-0.4, -0.2) is 75.0 Å². The van der Waals surface area contributed by atoms with Crippen molar-refractivity contribution >= 4 is 34.6 Å². The Morgan fingerprint density at radius 3 is 2.33 bits per heavy atom. The zero-order valence-electron chi connectivity index (χ0n) is 27.3. The minimum absolute atomic E-state index is 0.0541. The van der Waals surface area contributed by atoms with Crippen LogP contribution in [0.4, 0.5) is 11.4 Å². The molecule has 14 heteroatoms. The van der Waals surface area contributed by atoms with Gasteiger partial charge < -0.3 is 24.0 Å². The molecule has 2 saturated heterocycles. The summed E-state index contributed by atoms with van der Waals surface area (Å²) < 4.78 is 22.0. The number of hydrogen-bond acceptors (Lipinski definition) is 9. The van der Waals surface area contributed by atoms with Gasteiger partial charge in [0.05, 0.1) is 17.7 Å². The number of H-pyrrole nitrogens is 1. The number of benzene rings is 3. The first-order valence-electron chi connectivity index (χ1n) is 16.4. The molecule has 1 N–H and O–H groups in total. The highest BCUT2D eigenvalue weighted by molar-refractivity contribution is 6.35. The molecular formula is C35H38Cl2N8O4. The van der Waals surface area contributed by atoms with Crippen molar-refractivity contribution in [3.63, 3.8) is 0 Å². The van der Waals surface area contributed by atoms with Crippen LogP contribution in [0.1, 0.15) is 31.9 Å². The fourth-order valence-corrected chi connectivity index (χ4v) is 6.77. The Kier molecular flexibility index (Phi) is 9.64. The first-order chi connectivity index (χ1) is 23.8. The van der Waals surface area contributed by atoms with Gasteiger partial charge in [0.1, 0.15) is 37.7 Å². The van der Waals surface area contributed by atoms with Gasteiger partial charge in [-0.3, -0.25) is 4.98 Å². The molecule has 0 saturated carbocycles. The van der Waals surface area contributed by atoms with E-state index in [0.717, 1.165) is 55.3 Å². The highest BCUT2D eigenvalue weighted by Crippen LogP contribution is 2.40. The second kappa shape index (κ2) is 14.2. The van der Waals surface area contributed by atoms with Crippen LogP contribution in [-0.2, 0) is 21.8 Å². The summed E-state index contributed by atoms with van der Waals surface area (Å²) in [5.41, 5.74) is 3.68. The first-order valence-corrected chi connectivity index (χ1v) is 17.2. The molecule has 2 aromatic heterocycles. The van der Waals surface area contributed by atoms with E-state index in [4.69, 9.17) is 37.4 Å². The molecule has 12 nitrogen and oxygen atoms in total. The molecule has 3 aromatic carbocycles. The summed E-state index contributed by atoms with van der Waals surface area (Å²) in [4.78, 5) is 24.0. The maximum absolute atomic E-state index is 12.3. The normalized spacial score (nSPS) is 20.1. The third-order valence-corrected chi connectivity index (χ3v) is 9.66. The fraction of sp³-hybridized carbons (Fsp3) is 0.371. The van der Waals surface area contributed by atoms with Crippen LogP contribution >= 0.6 is 23.2 Å². The average molecular weight is 706 g/mol. The predicted molar refractivity (Wildman–Crippen MR) is 189 cm³/mol. The summed E-state index contributed by atoms with van der Waals surface area (Å²) in [7, 11) is 0. The lowest BCUT2D eigenvalue weighted by molar-refractivity contribution is -0.190. The van der Waals surface area contributed by atoms with Gasteiger partial charge in [-0.25, -0.2) is 19.1 Å². The van der Waals surface area contributed by atoms with Crippen LogP contribution in [0.3, 0.4) is 0 Å². The van der Waals surface area contributed by atoms with E-state index >= 15 is 0 Å². The molecular weight excluding hydrogens is 667 g/mol. The monoisotopic (exact) mass is 704 g/mol. The lowest BCUT2D eigenvalue weighted by Crippen LogP contribution is -2.46. The highest BCUT2D eigenvalue weighted by atomic mass is 35.5. The number of rotatable bonds is 11. The molecule has 3 atom stereocenters. The number of ether oxygens (including phenoxy) is 3. The van der Waals surface area contributed by atoms with Gasteiger partial charge in [0.15, 0.2) is 5.82 Å². The summed E-state index contributed by atoms with van der Waals surface area (Å²) in [6, 6.07) is 21.7. The van der Waals surface area contributed by atoms with Crippen LogP contribution in [0.2, 0.25) is 10.0 Å². The Hall–Kier alpha value is -4.36. The van der Waals surface area contributed by atoms with Gasteiger partial charge in [0, 0.05) is 53.7 Å². The molecule has 0 radical (unpaired) electrons. The van der Waals surface area contributed by atoms with Crippen molar-refractivity contribution in [2.45, 2.75) is 44.7 Å². The largest absolute Gasteiger partial charge is 0.491 e. The smallest absolute Gasteiger partial charge is 0.343 e. The minimum Gasteiger partial charge on any atom is -0.491 e. The number of piperazine rings is 1. The molecule has 0 bridgehead atoms. The molecule has 5 aromatic rings. The first kappa shape index (κ1) is 33.2. The lowest BCUT2D eigenvalue weighted by atomic mass is 10.1. The molecule has 2 aliphatic heterocycles. The molecule has 0 aliphatic carbocycles. The zero-order chi connectivity index (χ0) is 34.0. The van der Waals surface area contributed by atoms with Crippen LogP contribution in [0, 0.1) is 0 Å². The Labute approximate surface area is 294 Å². The number of halogens is 2. The van der Waals surface area contributed by atoms with E-state index in [-0.39, 0.29) is 24.4 Å². The van der Waals surface area contributed by atoms with E-state index in [9.17, 15) is 4.79 Å².